The Morgan fingerprint density at radius 3 is 2.47 bits per heavy atom. The van der Waals surface area contributed by atoms with Gasteiger partial charge in [-0.2, -0.15) is 18.4 Å². The van der Waals surface area contributed by atoms with Crippen LogP contribution >= 0.6 is 0 Å². The topological polar surface area (TPSA) is 45.0 Å². The summed E-state index contributed by atoms with van der Waals surface area (Å²) in [5.41, 5.74) is -0.619. The maximum Gasteiger partial charge on any atom is 0.414 e. The normalized spacial score (nSPS) is 20.6. The monoisotopic (exact) mass is 278 g/mol. The molecule has 1 aliphatic rings. The van der Waals surface area contributed by atoms with E-state index in [1.807, 2.05) is 6.92 Å². The summed E-state index contributed by atoms with van der Waals surface area (Å²) in [7, 11) is 0. The predicted molar refractivity (Wildman–Crippen MR) is 65.5 cm³/mol. The minimum absolute atomic E-state index is 0.0243. The van der Waals surface area contributed by atoms with Gasteiger partial charge in [-0.15, -0.1) is 0 Å². The van der Waals surface area contributed by atoms with Gasteiger partial charge in [-0.25, -0.2) is 0 Å². The fourth-order valence-electron chi connectivity index (χ4n) is 1.87. The smallest absolute Gasteiger partial charge is 0.369 e. The van der Waals surface area contributed by atoms with E-state index in [4.69, 9.17) is 4.74 Å². The molecule has 0 spiro atoms. The van der Waals surface area contributed by atoms with Crippen LogP contribution in [0.3, 0.4) is 0 Å². The minimum Gasteiger partial charge on any atom is -0.369 e. The van der Waals surface area contributed by atoms with Crippen LogP contribution < -0.4 is 5.32 Å². The standard InChI is InChI=1S/C13H21F3N2O/c1-3-12(9-17,18-11-5-6-11)7-4-8-19-10(2)13(14,15)16/h10-11,18H,3-8H2,1-2H3. The van der Waals surface area contributed by atoms with E-state index < -0.39 is 17.8 Å². The van der Waals surface area contributed by atoms with Gasteiger partial charge in [0.1, 0.15) is 5.54 Å². The number of rotatable bonds is 8. The molecule has 0 heterocycles. The highest BCUT2D eigenvalue weighted by Gasteiger charge is 2.37. The van der Waals surface area contributed by atoms with Gasteiger partial charge in [0.05, 0.1) is 6.07 Å². The summed E-state index contributed by atoms with van der Waals surface area (Å²) in [5, 5.41) is 12.5. The van der Waals surface area contributed by atoms with Crippen molar-refractivity contribution in [2.24, 2.45) is 0 Å². The molecule has 1 saturated carbocycles. The zero-order valence-electron chi connectivity index (χ0n) is 11.4. The highest BCUT2D eigenvalue weighted by atomic mass is 19.4. The maximum atomic E-state index is 12.2. The van der Waals surface area contributed by atoms with Crippen molar-refractivity contribution in [1.29, 1.82) is 5.26 Å². The summed E-state index contributed by atoms with van der Waals surface area (Å²) in [6, 6.07) is 2.66. The third kappa shape index (κ3) is 5.37. The summed E-state index contributed by atoms with van der Waals surface area (Å²) in [6.45, 7) is 2.94. The van der Waals surface area contributed by atoms with E-state index in [-0.39, 0.29) is 6.61 Å². The van der Waals surface area contributed by atoms with Crippen molar-refractivity contribution in [3.8, 4) is 6.07 Å². The van der Waals surface area contributed by atoms with Crippen molar-refractivity contribution in [3.63, 3.8) is 0 Å². The summed E-state index contributed by atoms with van der Waals surface area (Å²) in [4.78, 5) is 0. The average molecular weight is 278 g/mol. The van der Waals surface area contributed by atoms with E-state index >= 15 is 0 Å². The third-order valence-corrected chi connectivity index (χ3v) is 3.45. The molecule has 1 fully saturated rings. The molecule has 1 rings (SSSR count). The molecule has 3 nitrogen and oxygen atoms in total. The number of nitriles is 1. The van der Waals surface area contributed by atoms with Crippen LogP contribution in [-0.4, -0.2) is 30.5 Å². The Morgan fingerprint density at radius 1 is 1.42 bits per heavy atom. The van der Waals surface area contributed by atoms with Crippen LogP contribution in [0, 0.1) is 11.3 Å². The van der Waals surface area contributed by atoms with Gasteiger partial charge in [0.15, 0.2) is 6.10 Å². The first-order chi connectivity index (χ1) is 8.83. The van der Waals surface area contributed by atoms with Crippen LogP contribution in [0.2, 0.25) is 0 Å². The highest BCUT2D eigenvalue weighted by Crippen LogP contribution is 2.27. The van der Waals surface area contributed by atoms with Crippen LogP contribution in [0.15, 0.2) is 0 Å². The number of nitrogens with zero attached hydrogens (tertiary/aromatic N) is 1. The molecule has 0 aromatic rings. The first-order valence-electron chi connectivity index (χ1n) is 6.70. The van der Waals surface area contributed by atoms with E-state index in [1.165, 1.54) is 0 Å². The molecule has 0 aromatic heterocycles. The number of halogens is 3. The molecule has 0 aromatic carbocycles. The van der Waals surface area contributed by atoms with Crippen LogP contribution in [0.25, 0.3) is 0 Å². The van der Waals surface area contributed by atoms with Gasteiger partial charge < -0.3 is 4.74 Å². The molecule has 0 amide bonds. The Morgan fingerprint density at radius 2 is 2.05 bits per heavy atom. The van der Waals surface area contributed by atoms with Gasteiger partial charge in [0, 0.05) is 12.6 Å². The number of hydrogen-bond acceptors (Lipinski definition) is 3. The molecular weight excluding hydrogens is 257 g/mol. The number of nitrogens with one attached hydrogen (secondary N) is 1. The summed E-state index contributed by atoms with van der Waals surface area (Å²) >= 11 is 0. The number of hydrogen-bond donors (Lipinski definition) is 1. The average Bonchev–Trinajstić information content (AvgIpc) is 3.15. The van der Waals surface area contributed by atoms with E-state index in [0.29, 0.717) is 25.3 Å². The van der Waals surface area contributed by atoms with E-state index in [0.717, 1.165) is 19.8 Å². The SMILES string of the molecule is CCC(C#N)(CCCOC(C)C(F)(F)F)NC1CC1. The molecule has 2 unspecified atom stereocenters. The summed E-state index contributed by atoms with van der Waals surface area (Å²) < 4.78 is 41.4. The van der Waals surface area contributed by atoms with Gasteiger partial charge in [0.2, 0.25) is 0 Å². The summed E-state index contributed by atoms with van der Waals surface area (Å²) in [6.07, 6.45) is -2.31. The molecule has 19 heavy (non-hydrogen) atoms. The number of ether oxygens (including phenoxy) is 1. The zero-order chi connectivity index (χ0) is 14.5. The lowest BCUT2D eigenvalue weighted by Crippen LogP contribution is -2.45. The van der Waals surface area contributed by atoms with Gasteiger partial charge in [0.25, 0.3) is 0 Å². The Balaban J connectivity index is 2.31. The van der Waals surface area contributed by atoms with Crippen molar-refractivity contribution in [2.75, 3.05) is 6.61 Å². The van der Waals surface area contributed by atoms with Crippen molar-refractivity contribution >= 4 is 0 Å². The van der Waals surface area contributed by atoms with Gasteiger partial charge in [-0.3, -0.25) is 5.32 Å². The lowest BCUT2D eigenvalue weighted by Gasteiger charge is -2.27. The zero-order valence-corrected chi connectivity index (χ0v) is 11.4. The van der Waals surface area contributed by atoms with Crippen LogP contribution in [-0.2, 0) is 4.74 Å². The fraction of sp³-hybridized carbons (Fsp3) is 0.923. The van der Waals surface area contributed by atoms with Gasteiger partial charge >= 0.3 is 6.18 Å². The lowest BCUT2D eigenvalue weighted by atomic mass is 9.92. The second kappa shape index (κ2) is 6.58. The molecule has 0 bridgehead atoms. The molecular formula is C13H21F3N2O. The van der Waals surface area contributed by atoms with Crippen molar-refractivity contribution < 1.29 is 17.9 Å². The summed E-state index contributed by atoms with van der Waals surface area (Å²) in [5.74, 6) is 0. The molecule has 0 aliphatic heterocycles. The van der Waals surface area contributed by atoms with Gasteiger partial charge in [-0.05, 0) is 39.0 Å². The fourth-order valence-corrected chi connectivity index (χ4v) is 1.87. The Bertz CT molecular complexity index is 323. The predicted octanol–water partition coefficient (Wildman–Crippen LogP) is 3.16. The van der Waals surface area contributed by atoms with E-state index in [2.05, 4.69) is 11.4 Å². The van der Waals surface area contributed by atoms with E-state index in [1.54, 1.807) is 0 Å². The lowest BCUT2D eigenvalue weighted by molar-refractivity contribution is -0.214. The van der Waals surface area contributed by atoms with E-state index in [9.17, 15) is 18.4 Å². The first-order valence-corrected chi connectivity index (χ1v) is 6.70. The van der Waals surface area contributed by atoms with Crippen LogP contribution in [0.5, 0.6) is 0 Å². The molecule has 0 saturated heterocycles. The maximum absolute atomic E-state index is 12.2. The molecule has 2 atom stereocenters. The molecule has 1 aliphatic carbocycles. The van der Waals surface area contributed by atoms with Gasteiger partial charge in [-0.1, -0.05) is 6.92 Å². The first kappa shape index (κ1) is 16.3. The molecule has 110 valence electrons. The Labute approximate surface area is 112 Å². The second-order valence-electron chi connectivity index (χ2n) is 5.12. The van der Waals surface area contributed by atoms with Crippen LogP contribution in [0.4, 0.5) is 13.2 Å². The van der Waals surface area contributed by atoms with Crippen molar-refractivity contribution in [2.45, 2.75) is 69.8 Å². The van der Waals surface area contributed by atoms with Crippen molar-refractivity contribution in [3.05, 3.63) is 0 Å². The third-order valence-electron chi connectivity index (χ3n) is 3.45. The molecule has 6 heteroatoms. The quantitative estimate of drug-likeness (QED) is 0.694. The number of alkyl halides is 3. The minimum atomic E-state index is -4.32. The molecule has 1 N–H and O–H groups in total. The largest absolute Gasteiger partial charge is 0.414 e. The molecule has 0 radical (unpaired) electrons. The Hall–Kier alpha value is -0.800. The van der Waals surface area contributed by atoms with Crippen molar-refractivity contribution in [1.82, 2.24) is 5.32 Å². The second-order valence-corrected chi connectivity index (χ2v) is 5.12. The Kier molecular flexibility index (Phi) is 5.63. The van der Waals surface area contributed by atoms with Crippen LogP contribution in [0.1, 0.15) is 46.0 Å². The highest BCUT2D eigenvalue weighted by molar-refractivity contribution is 5.09.